The molecule has 2 N–H and O–H groups in total. The third kappa shape index (κ3) is 4.74. The number of carbonyl (C=O) groups excluding carboxylic acids is 1. The van der Waals surface area contributed by atoms with Gasteiger partial charge in [-0.15, -0.1) is 0 Å². The predicted molar refractivity (Wildman–Crippen MR) is 77.0 cm³/mol. The molecule has 5 nitrogen and oxygen atoms in total. The highest BCUT2D eigenvalue weighted by Gasteiger charge is 2.22. The number of rotatable bonds is 7. The first-order valence-electron chi connectivity index (χ1n) is 6.53. The summed E-state index contributed by atoms with van der Waals surface area (Å²) in [6.45, 7) is 0.486. The zero-order valence-electron chi connectivity index (χ0n) is 11.0. The minimum atomic E-state index is -0.977. The van der Waals surface area contributed by atoms with Crippen LogP contribution in [0.15, 0.2) is 24.3 Å². The minimum absolute atomic E-state index is 0.0284. The van der Waals surface area contributed by atoms with E-state index in [0.29, 0.717) is 23.2 Å². The molecule has 1 aliphatic rings. The van der Waals surface area contributed by atoms with Crippen molar-refractivity contribution in [3.63, 3.8) is 0 Å². The largest absolute Gasteiger partial charge is 0.480 e. The second-order valence-corrected chi connectivity index (χ2v) is 5.41. The topological polar surface area (TPSA) is 69.6 Å². The highest BCUT2D eigenvalue weighted by molar-refractivity contribution is 6.30. The lowest BCUT2D eigenvalue weighted by Crippen LogP contribution is -2.40. The quantitative estimate of drug-likeness (QED) is 0.804. The molecule has 0 radical (unpaired) electrons. The van der Waals surface area contributed by atoms with Crippen LogP contribution < -0.4 is 10.2 Å². The number of carboxylic acid groups (broad SMARTS) is 1. The van der Waals surface area contributed by atoms with Gasteiger partial charge in [0.1, 0.15) is 6.54 Å². The molecule has 0 aromatic heterocycles. The molecule has 0 aliphatic heterocycles. The first-order chi connectivity index (χ1) is 9.54. The lowest BCUT2D eigenvalue weighted by molar-refractivity contribution is -0.135. The molecule has 2 rings (SSSR count). The smallest absolute Gasteiger partial charge is 0.323 e. The number of hydrogen-bond donors (Lipinski definition) is 2. The third-order valence-corrected chi connectivity index (χ3v) is 3.39. The number of anilines is 1. The maximum Gasteiger partial charge on any atom is 0.323 e. The van der Waals surface area contributed by atoms with Crippen molar-refractivity contribution < 1.29 is 14.7 Å². The van der Waals surface area contributed by atoms with Crippen molar-refractivity contribution in [2.75, 3.05) is 24.5 Å². The van der Waals surface area contributed by atoms with Crippen molar-refractivity contribution in [2.24, 2.45) is 5.92 Å². The molecule has 0 heterocycles. The molecule has 6 heteroatoms. The molecule has 0 unspecified atom stereocenters. The SMILES string of the molecule is O=C(O)CN(CC(=O)NCC1CC1)c1ccc(Cl)cc1. The summed E-state index contributed by atoms with van der Waals surface area (Å²) in [6, 6.07) is 6.76. The van der Waals surface area contributed by atoms with Crippen molar-refractivity contribution in [1.82, 2.24) is 5.32 Å². The Morgan fingerprint density at radius 1 is 1.25 bits per heavy atom. The molecule has 1 aromatic rings. The van der Waals surface area contributed by atoms with E-state index in [-0.39, 0.29) is 19.0 Å². The van der Waals surface area contributed by atoms with Gasteiger partial charge in [-0.3, -0.25) is 9.59 Å². The average Bonchev–Trinajstić information content (AvgIpc) is 3.20. The molecule has 108 valence electrons. The van der Waals surface area contributed by atoms with Gasteiger partial charge in [0.05, 0.1) is 6.54 Å². The first kappa shape index (κ1) is 14.7. The molecular weight excluding hydrogens is 280 g/mol. The van der Waals surface area contributed by atoms with Crippen molar-refractivity contribution in [3.05, 3.63) is 29.3 Å². The number of benzene rings is 1. The van der Waals surface area contributed by atoms with Gasteiger partial charge in [-0.1, -0.05) is 11.6 Å². The zero-order chi connectivity index (χ0) is 14.5. The van der Waals surface area contributed by atoms with Gasteiger partial charge in [-0.05, 0) is 43.0 Å². The maximum atomic E-state index is 11.8. The molecule has 1 aromatic carbocycles. The first-order valence-corrected chi connectivity index (χ1v) is 6.91. The number of amides is 1. The highest BCUT2D eigenvalue weighted by Crippen LogP contribution is 2.27. The van der Waals surface area contributed by atoms with Crippen LogP contribution >= 0.6 is 11.6 Å². The fraction of sp³-hybridized carbons (Fsp3) is 0.429. The van der Waals surface area contributed by atoms with Gasteiger partial charge in [0.2, 0.25) is 5.91 Å². The van der Waals surface area contributed by atoms with E-state index in [4.69, 9.17) is 16.7 Å². The van der Waals surface area contributed by atoms with Gasteiger partial charge >= 0.3 is 5.97 Å². The number of hydrogen-bond acceptors (Lipinski definition) is 3. The molecule has 0 saturated heterocycles. The molecule has 0 spiro atoms. The van der Waals surface area contributed by atoms with E-state index in [1.165, 1.54) is 4.90 Å². The standard InChI is InChI=1S/C14H17ClN2O3/c15-11-3-5-12(6-4-11)17(9-14(19)20)8-13(18)16-7-10-1-2-10/h3-6,10H,1-2,7-9H2,(H,16,18)(H,19,20). The molecular formula is C14H17ClN2O3. The monoisotopic (exact) mass is 296 g/mol. The van der Waals surface area contributed by atoms with Crippen LogP contribution in [0.4, 0.5) is 5.69 Å². The lowest BCUT2D eigenvalue weighted by Gasteiger charge is -2.22. The summed E-state index contributed by atoms with van der Waals surface area (Å²) >= 11 is 5.81. The Morgan fingerprint density at radius 3 is 2.45 bits per heavy atom. The van der Waals surface area contributed by atoms with Gasteiger partial charge in [-0.2, -0.15) is 0 Å². The van der Waals surface area contributed by atoms with Crippen LogP contribution in [0.25, 0.3) is 0 Å². The van der Waals surface area contributed by atoms with Crippen LogP contribution in [0.3, 0.4) is 0 Å². The Kier molecular flexibility index (Phi) is 4.84. The van der Waals surface area contributed by atoms with Gasteiger partial charge in [0.25, 0.3) is 0 Å². The molecule has 0 atom stereocenters. The van der Waals surface area contributed by atoms with Crippen LogP contribution in [0, 0.1) is 5.92 Å². The summed E-state index contributed by atoms with van der Waals surface area (Å²) in [5, 5.41) is 12.3. The molecule has 1 saturated carbocycles. The summed E-state index contributed by atoms with van der Waals surface area (Å²) in [4.78, 5) is 24.3. The number of halogens is 1. The molecule has 1 aliphatic carbocycles. The van der Waals surface area contributed by atoms with Gasteiger partial charge in [-0.25, -0.2) is 0 Å². The van der Waals surface area contributed by atoms with E-state index in [1.54, 1.807) is 24.3 Å². The summed E-state index contributed by atoms with van der Waals surface area (Å²) in [7, 11) is 0. The number of aliphatic carboxylic acids is 1. The van der Waals surface area contributed by atoms with Crippen LogP contribution in [0.5, 0.6) is 0 Å². The fourth-order valence-electron chi connectivity index (χ4n) is 1.86. The maximum absolute atomic E-state index is 11.8. The Bertz CT molecular complexity index is 486. The van der Waals surface area contributed by atoms with Crippen molar-refractivity contribution in [2.45, 2.75) is 12.8 Å². The summed E-state index contributed by atoms with van der Waals surface area (Å²) < 4.78 is 0. The van der Waals surface area contributed by atoms with Crippen LogP contribution in [0.2, 0.25) is 5.02 Å². The van der Waals surface area contributed by atoms with E-state index in [2.05, 4.69) is 5.32 Å². The number of carbonyl (C=O) groups is 2. The zero-order valence-corrected chi connectivity index (χ0v) is 11.8. The van der Waals surface area contributed by atoms with Crippen molar-refractivity contribution in [3.8, 4) is 0 Å². The Morgan fingerprint density at radius 2 is 1.90 bits per heavy atom. The second kappa shape index (κ2) is 6.61. The Hall–Kier alpha value is -1.75. The minimum Gasteiger partial charge on any atom is -0.480 e. The van der Waals surface area contributed by atoms with E-state index < -0.39 is 5.97 Å². The average molecular weight is 297 g/mol. The molecule has 0 bridgehead atoms. The Labute approximate surface area is 122 Å². The van der Waals surface area contributed by atoms with Crippen molar-refractivity contribution in [1.29, 1.82) is 0 Å². The molecule has 20 heavy (non-hydrogen) atoms. The van der Waals surface area contributed by atoms with Gasteiger partial charge in [0.15, 0.2) is 0 Å². The number of carboxylic acids is 1. The second-order valence-electron chi connectivity index (χ2n) is 4.97. The summed E-state index contributed by atoms with van der Waals surface area (Å²) in [5.74, 6) is -0.537. The number of nitrogens with zero attached hydrogens (tertiary/aromatic N) is 1. The van der Waals surface area contributed by atoms with Gasteiger partial charge in [0, 0.05) is 17.3 Å². The molecule has 1 fully saturated rings. The van der Waals surface area contributed by atoms with E-state index >= 15 is 0 Å². The van der Waals surface area contributed by atoms with E-state index in [9.17, 15) is 9.59 Å². The van der Waals surface area contributed by atoms with E-state index in [0.717, 1.165) is 12.8 Å². The summed E-state index contributed by atoms with van der Waals surface area (Å²) in [6.07, 6.45) is 2.33. The van der Waals surface area contributed by atoms with E-state index in [1.807, 2.05) is 0 Å². The normalized spacial score (nSPS) is 13.8. The van der Waals surface area contributed by atoms with Crippen LogP contribution in [0.1, 0.15) is 12.8 Å². The van der Waals surface area contributed by atoms with Gasteiger partial charge < -0.3 is 15.3 Å². The lowest BCUT2D eigenvalue weighted by atomic mass is 10.2. The van der Waals surface area contributed by atoms with Crippen LogP contribution in [-0.2, 0) is 9.59 Å². The molecule has 1 amide bonds. The highest BCUT2D eigenvalue weighted by atomic mass is 35.5. The number of nitrogens with one attached hydrogen (secondary N) is 1. The van der Waals surface area contributed by atoms with Crippen molar-refractivity contribution >= 4 is 29.2 Å². The van der Waals surface area contributed by atoms with Crippen LogP contribution in [-0.4, -0.2) is 36.6 Å². The Balaban J connectivity index is 1.96. The predicted octanol–water partition coefficient (Wildman–Crippen LogP) is 1.76. The summed E-state index contributed by atoms with van der Waals surface area (Å²) in [5.41, 5.74) is 0.665. The fourth-order valence-corrected chi connectivity index (χ4v) is 1.99. The third-order valence-electron chi connectivity index (χ3n) is 3.14.